The molecule has 108 valence electrons. The third-order valence-corrected chi connectivity index (χ3v) is 4.33. The van der Waals surface area contributed by atoms with Gasteiger partial charge in [0.15, 0.2) is 0 Å². The molecule has 0 radical (unpaired) electrons. The second kappa shape index (κ2) is 6.95. The largest absolute Gasteiger partial charge is 0.306 e. The molecular formula is C16H21FN2S. The first kappa shape index (κ1) is 15.1. The summed E-state index contributed by atoms with van der Waals surface area (Å²) >= 11 is 1.84. The lowest BCUT2D eigenvalue weighted by Crippen LogP contribution is -2.32. The van der Waals surface area contributed by atoms with E-state index >= 15 is 0 Å². The summed E-state index contributed by atoms with van der Waals surface area (Å²) in [5.74, 6) is -0.286. The summed E-state index contributed by atoms with van der Waals surface area (Å²) in [6.07, 6.45) is 3.23. The molecule has 0 aliphatic rings. The number of aromatic nitrogens is 1. The van der Waals surface area contributed by atoms with E-state index in [2.05, 4.69) is 43.2 Å². The summed E-state index contributed by atoms with van der Waals surface area (Å²) in [5, 5.41) is 3.58. The Morgan fingerprint density at radius 3 is 2.65 bits per heavy atom. The smallest absolute Gasteiger partial charge is 0.141 e. The lowest BCUT2D eigenvalue weighted by molar-refractivity contribution is 0.436. The average molecular weight is 292 g/mol. The van der Waals surface area contributed by atoms with Gasteiger partial charge in [-0.25, -0.2) is 4.39 Å². The van der Waals surface area contributed by atoms with Gasteiger partial charge in [0.1, 0.15) is 5.82 Å². The van der Waals surface area contributed by atoms with Gasteiger partial charge in [0.2, 0.25) is 0 Å². The summed E-state index contributed by atoms with van der Waals surface area (Å²) in [7, 11) is 0. The quantitative estimate of drug-likeness (QED) is 0.860. The molecule has 0 amide bonds. The Bertz CT molecular complexity index is 536. The van der Waals surface area contributed by atoms with E-state index in [0.29, 0.717) is 6.04 Å². The molecule has 0 saturated heterocycles. The van der Waals surface area contributed by atoms with Gasteiger partial charge in [0.25, 0.3) is 0 Å². The first-order valence-corrected chi connectivity index (χ1v) is 7.83. The predicted octanol–water partition coefficient (Wildman–Crippen LogP) is 4.26. The van der Waals surface area contributed by atoms with Crippen molar-refractivity contribution in [1.82, 2.24) is 10.3 Å². The Labute approximate surface area is 124 Å². The van der Waals surface area contributed by atoms with Gasteiger partial charge in [-0.1, -0.05) is 6.92 Å². The van der Waals surface area contributed by atoms with Crippen LogP contribution in [0.3, 0.4) is 0 Å². The Balaban J connectivity index is 1.97. The molecule has 1 N–H and O–H groups in total. The van der Waals surface area contributed by atoms with Crippen LogP contribution in [0.1, 0.15) is 41.8 Å². The van der Waals surface area contributed by atoms with E-state index in [0.717, 1.165) is 18.5 Å². The summed E-state index contributed by atoms with van der Waals surface area (Å²) in [6.45, 7) is 6.43. The monoisotopic (exact) mass is 292 g/mol. The van der Waals surface area contributed by atoms with Crippen LogP contribution in [0, 0.1) is 12.7 Å². The van der Waals surface area contributed by atoms with Crippen molar-refractivity contribution in [2.75, 3.05) is 0 Å². The van der Waals surface area contributed by atoms with E-state index < -0.39 is 0 Å². The molecule has 0 aromatic carbocycles. The maximum absolute atomic E-state index is 12.9. The fourth-order valence-electron chi connectivity index (χ4n) is 2.30. The minimum atomic E-state index is -0.286. The van der Waals surface area contributed by atoms with E-state index in [4.69, 9.17) is 0 Å². The highest BCUT2D eigenvalue weighted by Crippen LogP contribution is 2.19. The topological polar surface area (TPSA) is 24.9 Å². The predicted molar refractivity (Wildman–Crippen MR) is 82.6 cm³/mol. The van der Waals surface area contributed by atoms with Crippen LogP contribution in [0.15, 0.2) is 30.5 Å². The molecule has 2 unspecified atom stereocenters. The van der Waals surface area contributed by atoms with Crippen molar-refractivity contribution in [2.24, 2.45) is 0 Å². The van der Waals surface area contributed by atoms with Gasteiger partial charge in [0.05, 0.1) is 11.9 Å². The molecule has 0 spiro atoms. The second-order valence-corrected chi connectivity index (χ2v) is 6.52. The first-order chi connectivity index (χ1) is 9.58. The van der Waals surface area contributed by atoms with E-state index in [1.807, 2.05) is 11.3 Å². The van der Waals surface area contributed by atoms with E-state index in [9.17, 15) is 4.39 Å². The van der Waals surface area contributed by atoms with Crippen LogP contribution in [0.5, 0.6) is 0 Å². The summed E-state index contributed by atoms with van der Waals surface area (Å²) in [4.78, 5) is 6.92. The fraction of sp³-hybridized carbons (Fsp3) is 0.438. The molecule has 20 heavy (non-hydrogen) atoms. The van der Waals surface area contributed by atoms with Gasteiger partial charge in [-0.05, 0) is 51.0 Å². The van der Waals surface area contributed by atoms with Gasteiger partial charge in [0, 0.05) is 21.8 Å². The number of nitrogens with one attached hydrogen (secondary N) is 1. The number of rotatable bonds is 6. The standard InChI is InChI=1S/C16H21FN2S/c1-4-15(16-8-6-13(17)10-18-16)19-11(2)9-14-7-5-12(3)20-14/h5-8,10-11,15,19H,4,9H2,1-3H3. The van der Waals surface area contributed by atoms with Crippen LogP contribution in [0.25, 0.3) is 0 Å². The lowest BCUT2D eigenvalue weighted by atomic mass is 10.1. The maximum atomic E-state index is 12.9. The Hall–Kier alpha value is -1.26. The van der Waals surface area contributed by atoms with Crippen LogP contribution < -0.4 is 5.32 Å². The molecule has 2 atom stereocenters. The number of aryl methyl sites for hydroxylation is 1. The molecule has 0 fully saturated rings. The number of hydrogen-bond donors (Lipinski definition) is 1. The number of pyridine rings is 1. The zero-order valence-electron chi connectivity index (χ0n) is 12.2. The van der Waals surface area contributed by atoms with Crippen molar-refractivity contribution in [3.8, 4) is 0 Å². The SMILES string of the molecule is CCC(NC(C)Cc1ccc(C)s1)c1ccc(F)cn1. The second-order valence-electron chi connectivity index (χ2n) is 5.15. The molecule has 2 heterocycles. The fourth-order valence-corrected chi connectivity index (χ4v) is 3.32. The molecule has 0 aliphatic carbocycles. The number of nitrogens with zero attached hydrogens (tertiary/aromatic N) is 1. The molecule has 2 nitrogen and oxygen atoms in total. The van der Waals surface area contributed by atoms with Crippen molar-refractivity contribution >= 4 is 11.3 Å². The number of halogens is 1. The molecule has 0 bridgehead atoms. The molecule has 0 saturated carbocycles. The summed E-state index contributed by atoms with van der Waals surface area (Å²) in [6, 6.07) is 8.12. The van der Waals surface area contributed by atoms with Crippen LogP contribution in [0.4, 0.5) is 4.39 Å². The zero-order chi connectivity index (χ0) is 14.5. The van der Waals surface area contributed by atoms with E-state index in [1.165, 1.54) is 22.0 Å². The van der Waals surface area contributed by atoms with Crippen molar-refractivity contribution in [1.29, 1.82) is 0 Å². The van der Waals surface area contributed by atoms with Gasteiger partial charge >= 0.3 is 0 Å². The molecular weight excluding hydrogens is 271 g/mol. The third-order valence-electron chi connectivity index (χ3n) is 3.30. The molecule has 2 aromatic rings. The van der Waals surface area contributed by atoms with Gasteiger partial charge in [-0.15, -0.1) is 11.3 Å². The van der Waals surface area contributed by atoms with Crippen molar-refractivity contribution in [3.05, 3.63) is 51.7 Å². The third kappa shape index (κ3) is 4.12. The highest BCUT2D eigenvalue weighted by Gasteiger charge is 2.14. The van der Waals surface area contributed by atoms with Crippen molar-refractivity contribution in [2.45, 2.75) is 45.7 Å². The van der Waals surface area contributed by atoms with Crippen LogP contribution in [-0.2, 0) is 6.42 Å². The van der Waals surface area contributed by atoms with Crippen LogP contribution in [0.2, 0.25) is 0 Å². The molecule has 2 rings (SSSR count). The molecule has 4 heteroatoms. The van der Waals surface area contributed by atoms with Gasteiger partial charge in [-0.3, -0.25) is 4.98 Å². The Kier molecular flexibility index (Phi) is 5.26. The van der Waals surface area contributed by atoms with E-state index in [1.54, 1.807) is 6.07 Å². The summed E-state index contributed by atoms with van der Waals surface area (Å²) < 4.78 is 12.9. The summed E-state index contributed by atoms with van der Waals surface area (Å²) in [5.41, 5.74) is 0.906. The van der Waals surface area contributed by atoms with E-state index in [-0.39, 0.29) is 11.9 Å². The highest BCUT2D eigenvalue weighted by molar-refractivity contribution is 7.11. The minimum absolute atomic E-state index is 0.173. The number of hydrogen-bond acceptors (Lipinski definition) is 3. The Morgan fingerprint density at radius 2 is 2.10 bits per heavy atom. The molecule has 2 aromatic heterocycles. The van der Waals surface area contributed by atoms with Gasteiger partial charge in [-0.2, -0.15) is 0 Å². The first-order valence-electron chi connectivity index (χ1n) is 7.01. The average Bonchev–Trinajstić information content (AvgIpc) is 2.82. The minimum Gasteiger partial charge on any atom is -0.306 e. The maximum Gasteiger partial charge on any atom is 0.141 e. The van der Waals surface area contributed by atoms with Crippen LogP contribution in [-0.4, -0.2) is 11.0 Å². The zero-order valence-corrected chi connectivity index (χ0v) is 13.0. The normalized spacial score (nSPS) is 14.2. The van der Waals surface area contributed by atoms with Crippen LogP contribution >= 0.6 is 11.3 Å². The van der Waals surface area contributed by atoms with Crippen molar-refractivity contribution in [3.63, 3.8) is 0 Å². The number of thiophene rings is 1. The van der Waals surface area contributed by atoms with Gasteiger partial charge < -0.3 is 5.32 Å². The van der Waals surface area contributed by atoms with Crippen molar-refractivity contribution < 1.29 is 4.39 Å². The molecule has 0 aliphatic heterocycles. The Morgan fingerprint density at radius 1 is 1.30 bits per heavy atom. The lowest BCUT2D eigenvalue weighted by Gasteiger charge is -2.21. The highest BCUT2D eigenvalue weighted by atomic mass is 32.1.